The minimum atomic E-state index is -0.425. The summed E-state index contributed by atoms with van der Waals surface area (Å²) in [5.74, 6) is -0.480. The number of anilines is 1. The third-order valence-electron chi connectivity index (χ3n) is 4.12. The first-order valence-electron chi connectivity index (χ1n) is 8.61. The lowest BCUT2D eigenvalue weighted by atomic mass is 9.82. The first-order valence-corrected chi connectivity index (χ1v) is 8.61. The van der Waals surface area contributed by atoms with Gasteiger partial charge in [-0.1, -0.05) is 18.7 Å². The zero-order chi connectivity index (χ0) is 19.6. The van der Waals surface area contributed by atoms with Gasteiger partial charge in [-0.2, -0.15) is 0 Å². The number of rotatable bonds is 6. The van der Waals surface area contributed by atoms with Gasteiger partial charge in [-0.3, -0.25) is 14.4 Å². The number of ketones is 2. The summed E-state index contributed by atoms with van der Waals surface area (Å²) in [6.07, 6.45) is 1.12. The van der Waals surface area contributed by atoms with Crippen molar-refractivity contribution in [1.82, 2.24) is 0 Å². The average Bonchev–Trinajstić information content (AvgIpc) is 2.66. The molecule has 2 aromatic carbocycles. The predicted octanol–water partition coefficient (Wildman–Crippen LogP) is 3.38. The molecule has 27 heavy (non-hydrogen) atoms. The third kappa shape index (κ3) is 3.21. The Hall–Kier alpha value is -3.41. The van der Waals surface area contributed by atoms with Gasteiger partial charge in [0.2, 0.25) is 11.7 Å². The Labute approximate surface area is 156 Å². The number of fused-ring (bicyclic) bond motifs is 2. The maximum absolute atomic E-state index is 13.2. The number of nitrogens with one attached hydrogen (secondary N) is 1. The van der Waals surface area contributed by atoms with Gasteiger partial charge in [-0.05, 0) is 32.1 Å². The Kier molecular flexibility index (Phi) is 5.07. The van der Waals surface area contributed by atoms with E-state index in [9.17, 15) is 14.4 Å². The van der Waals surface area contributed by atoms with Crippen molar-refractivity contribution in [3.63, 3.8) is 0 Å². The Balaban J connectivity index is 2.21. The standard InChI is InChI=1S/C21H19NO5/c1-4-17(23)22-12-10-14-19(16(11-12)27-6-3)21(25)18-13(20(14)24)8-7-9-15(18)26-5-2/h4,7-11H,1,5-6H2,2-3H3,(H,22,23). The van der Waals surface area contributed by atoms with E-state index in [0.717, 1.165) is 6.08 Å². The monoisotopic (exact) mass is 365 g/mol. The van der Waals surface area contributed by atoms with Crippen molar-refractivity contribution in [1.29, 1.82) is 0 Å². The molecule has 1 aliphatic rings. The van der Waals surface area contributed by atoms with Crippen molar-refractivity contribution in [2.75, 3.05) is 18.5 Å². The zero-order valence-corrected chi connectivity index (χ0v) is 15.1. The Morgan fingerprint density at radius 2 is 1.67 bits per heavy atom. The molecule has 0 atom stereocenters. The van der Waals surface area contributed by atoms with Crippen LogP contribution in [0, 0.1) is 0 Å². The van der Waals surface area contributed by atoms with E-state index in [2.05, 4.69) is 11.9 Å². The highest BCUT2D eigenvalue weighted by atomic mass is 16.5. The largest absolute Gasteiger partial charge is 0.493 e. The number of hydrogen-bond donors (Lipinski definition) is 1. The van der Waals surface area contributed by atoms with Crippen LogP contribution in [0.1, 0.15) is 45.7 Å². The fraction of sp³-hybridized carbons (Fsp3) is 0.190. The Morgan fingerprint density at radius 3 is 2.33 bits per heavy atom. The van der Waals surface area contributed by atoms with Gasteiger partial charge in [0.1, 0.15) is 11.5 Å². The molecule has 0 radical (unpaired) electrons. The van der Waals surface area contributed by atoms with Crippen LogP contribution in [0.15, 0.2) is 43.0 Å². The normalized spacial score (nSPS) is 12.1. The van der Waals surface area contributed by atoms with Crippen LogP contribution in [0.2, 0.25) is 0 Å². The Bertz CT molecular complexity index is 961. The van der Waals surface area contributed by atoms with E-state index in [0.29, 0.717) is 24.7 Å². The lowest BCUT2D eigenvalue weighted by molar-refractivity contribution is -0.111. The van der Waals surface area contributed by atoms with E-state index in [1.165, 1.54) is 12.1 Å². The van der Waals surface area contributed by atoms with Gasteiger partial charge in [0, 0.05) is 22.9 Å². The van der Waals surface area contributed by atoms with E-state index in [1.54, 1.807) is 25.1 Å². The van der Waals surface area contributed by atoms with E-state index in [1.807, 2.05) is 6.92 Å². The zero-order valence-electron chi connectivity index (χ0n) is 15.1. The first-order chi connectivity index (χ1) is 13.0. The summed E-state index contributed by atoms with van der Waals surface area (Å²) < 4.78 is 11.1. The molecule has 6 heteroatoms. The first kappa shape index (κ1) is 18.4. The molecule has 0 aromatic heterocycles. The molecule has 0 saturated carbocycles. The highest BCUT2D eigenvalue weighted by Gasteiger charge is 2.35. The average molecular weight is 365 g/mol. The van der Waals surface area contributed by atoms with Crippen molar-refractivity contribution >= 4 is 23.2 Å². The van der Waals surface area contributed by atoms with Crippen molar-refractivity contribution in [3.05, 3.63) is 65.2 Å². The fourth-order valence-electron chi connectivity index (χ4n) is 3.06. The summed E-state index contributed by atoms with van der Waals surface area (Å²) in [5.41, 5.74) is 1.23. The second-order valence-corrected chi connectivity index (χ2v) is 5.79. The molecule has 138 valence electrons. The molecule has 0 aliphatic heterocycles. The third-order valence-corrected chi connectivity index (χ3v) is 4.12. The lowest BCUT2D eigenvalue weighted by Crippen LogP contribution is -2.23. The minimum absolute atomic E-state index is 0.179. The van der Waals surface area contributed by atoms with Gasteiger partial charge in [0.05, 0.1) is 24.3 Å². The topological polar surface area (TPSA) is 81.7 Å². The Morgan fingerprint density at radius 1 is 1.00 bits per heavy atom. The summed E-state index contributed by atoms with van der Waals surface area (Å²) in [5, 5.41) is 2.61. The van der Waals surface area contributed by atoms with Crippen LogP contribution in [0.3, 0.4) is 0 Å². The van der Waals surface area contributed by atoms with Crippen LogP contribution in [0.5, 0.6) is 11.5 Å². The maximum atomic E-state index is 13.2. The maximum Gasteiger partial charge on any atom is 0.247 e. The van der Waals surface area contributed by atoms with E-state index in [4.69, 9.17) is 9.47 Å². The molecule has 1 aliphatic carbocycles. The summed E-state index contributed by atoms with van der Waals surface area (Å²) in [4.78, 5) is 37.9. The van der Waals surface area contributed by atoms with Gasteiger partial charge < -0.3 is 14.8 Å². The highest BCUT2D eigenvalue weighted by Crippen LogP contribution is 2.39. The summed E-state index contributed by atoms with van der Waals surface area (Å²) in [6, 6.07) is 7.94. The van der Waals surface area contributed by atoms with Gasteiger partial charge >= 0.3 is 0 Å². The molecule has 0 heterocycles. The molecule has 3 rings (SSSR count). The number of hydrogen-bond acceptors (Lipinski definition) is 5. The molecule has 0 unspecified atom stereocenters. The van der Waals surface area contributed by atoms with Crippen LogP contribution in [-0.4, -0.2) is 30.7 Å². The molecule has 0 bridgehead atoms. The molecule has 0 fully saturated rings. The molecule has 2 aromatic rings. The number of carbonyl (C=O) groups is 3. The molecule has 6 nitrogen and oxygen atoms in total. The fourth-order valence-corrected chi connectivity index (χ4v) is 3.06. The summed E-state index contributed by atoms with van der Waals surface area (Å²) in [7, 11) is 0. The molecular weight excluding hydrogens is 346 g/mol. The summed E-state index contributed by atoms with van der Waals surface area (Å²) >= 11 is 0. The summed E-state index contributed by atoms with van der Waals surface area (Å²) in [6.45, 7) is 7.66. The van der Waals surface area contributed by atoms with Gasteiger partial charge in [0.25, 0.3) is 0 Å². The molecule has 0 spiro atoms. The van der Waals surface area contributed by atoms with Gasteiger partial charge in [-0.15, -0.1) is 0 Å². The number of amides is 1. The van der Waals surface area contributed by atoms with Crippen LogP contribution >= 0.6 is 0 Å². The molecular formula is C21H19NO5. The quantitative estimate of drug-likeness (QED) is 0.677. The van der Waals surface area contributed by atoms with Crippen LogP contribution in [0.4, 0.5) is 5.69 Å². The SMILES string of the molecule is C=CC(=O)Nc1cc(OCC)c2c(c1)C(=O)c1cccc(OCC)c1C2=O. The van der Waals surface area contributed by atoms with Gasteiger partial charge in [0.15, 0.2) is 5.78 Å². The van der Waals surface area contributed by atoms with Crippen molar-refractivity contribution in [2.45, 2.75) is 13.8 Å². The van der Waals surface area contributed by atoms with E-state index in [-0.39, 0.29) is 39.6 Å². The van der Waals surface area contributed by atoms with Crippen LogP contribution in [-0.2, 0) is 4.79 Å². The highest BCUT2D eigenvalue weighted by molar-refractivity contribution is 6.30. The molecule has 1 N–H and O–H groups in total. The smallest absolute Gasteiger partial charge is 0.247 e. The second-order valence-electron chi connectivity index (χ2n) is 5.79. The lowest BCUT2D eigenvalue weighted by Gasteiger charge is -2.23. The van der Waals surface area contributed by atoms with Gasteiger partial charge in [-0.25, -0.2) is 0 Å². The molecule has 0 saturated heterocycles. The number of carbonyl (C=O) groups excluding carboxylic acids is 3. The van der Waals surface area contributed by atoms with E-state index >= 15 is 0 Å². The molecule has 1 amide bonds. The van der Waals surface area contributed by atoms with Crippen molar-refractivity contribution in [2.24, 2.45) is 0 Å². The minimum Gasteiger partial charge on any atom is -0.493 e. The van der Waals surface area contributed by atoms with E-state index < -0.39 is 5.91 Å². The predicted molar refractivity (Wildman–Crippen MR) is 101 cm³/mol. The number of ether oxygens (including phenoxy) is 2. The van der Waals surface area contributed by atoms with Crippen LogP contribution < -0.4 is 14.8 Å². The van der Waals surface area contributed by atoms with Crippen molar-refractivity contribution in [3.8, 4) is 11.5 Å². The van der Waals surface area contributed by atoms with Crippen molar-refractivity contribution < 1.29 is 23.9 Å². The second kappa shape index (κ2) is 7.45. The van der Waals surface area contributed by atoms with Crippen LogP contribution in [0.25, 0.3) is 0 Å². The number of benzene rings is 2.